The zero-order valence-corrected chi connectivity index (χ0v) is 27.9. The number of nitrogens with zero attached hydrogens (tertiary/aromatic N) is 1. The molecule has 3 heteroatoms. The number of hydrogen-bond donors (Lipinski definition) is 0. The minimum atomic E-state index is -2.11. The van der Waals surface area contributed by atoms with Gasteiger partial charge in [-0.05, 0) is 33.9 Å². The summed E-state index contributed by atoms with van der Waals surface area (Å²) < 4.78 is 39.3. The van der Waals surface area contributed by atoms with Gasteiger partial charge in [-0.2, -0.15) is 42.5 Å². The number of benzene rings is 5. The maximum atomic E-state index is 8.41. The molecule has 0 saturated carbocycles. The van der Waals surface area contributed by atoms with Crippen molar-refractivity contribution < 1.29 is 27.0 Å². The first-order chi connectivity index (χ1) is 22.3. The number of rotatable bonds is 6. The maximum absolute atomic E-state index is 8.41. The van der Waals surface area contributed by atoms with Gasteiger partial charge in [0.15, 0.2) is 0 Å². The molecule has 0 fully saturated rings. The van der Waals surface area contributed by atoms with Crippen LogP contribution in [0.15, 0.2) is 134 Å². The largest absolute Gasteiger partial charge is 3.00 e. The molecule has 0 aliphatic heterocycles. The van der Waals surface area contributed by atoms with Crippen LogP contribution in [0.4, 0.5) is 0 Å². The van der Waals surface area contributed by atoms with E-state index in [4.69, 9.17) is 6.85 Å². The van der Waals surface area contributed by atoms with Gasteiger partial charge in [0.05, 0.1) is 8.07 Å². The molecule has 0 amide bonds. The van der Waals surface area contributed by atoms with Gasteiger partial charge in [0.2, 0.25) is 0 Å². The first-order valence-electron chi connectivity index (χ1n) is 16.5. The van der Waals surface area contributed by atoms with Crippen molar-refractivity contribution in [3.8, 4) is 33.5 Å². The van der Waals surface area contributed by atoms with Crippen LogP contribution < -0.4 is 5.19 Å². The summed E-state index contributed by atoms with van der Waals surface area (Å²) in [5.41, 5.74) is 7.33. The molecule has 0 saturated heterocycles. The molecule has 0 N–H and O–H groups in total. The molecule has 0 atom stereocenters. The van der Waals surface area contributed by atoms with Crippen LogP contribution in [0.1, 0.15) is 23.5 Å². The summed E-state index contributed by atoms with van der Waals surface area (Å²) in [6.07, 6.45) is 0.454. The quantitative estimate of drug-likeness (QED) is 0.122. The summed E-state index contributed by atoms with van der Waals surface area (Å²) in [7, 11) is -1.57. The van der Waals surface area contributed by atoms with Gasteiger partial charge in [-0.15, -0.1) is 53.1 Å². The molecule has 0 aliphatic rings. The van der Waals surface area contributed by atoms with Crippen molar-refractivity contribution in [1.82, 2.24) is 4.98 Å². The topological polar surface area (TPSA) is 12.9 Å². The third-order valence-electron chi connectivity index (χ3n) is 6.75. The third kappa shape index (κ3) is 8.81. The zero-order chi connectivity index (χ0) is 33.7. The predicted molar refractivity (Wildman–Crippen MR) is 180 cm³/mol. The van der Waals surface area contributed by atoms with E-state index in [0.717, 1.165) is 22.4 Å². The van der Waals surface area contributed by atoms with Crippen LogP contribution in [-0.2, 0) is 26.5 Å². The molecule has 0 aliphatic carbocycles. The Morgan fingerprint density at radius 3 is 2.07 bits per heavy atom. The Hall–Kier alpha value is -3.88. The van der Waals surface area contributed by atoms with Crippen molar-refractivity contribution in [2.45, 2.75) is 32.9 Å². The van der Waals surface area contributed by atoms with Gasteiger partial charge in [-0.1, -0.05) is 93.2 Å². The molecular formula is C40H36IrNSi. The van der Waals surface area contributed by atoms with Gasteiger partial charge in [0.25, 0.3) is 0 Å². The van der Waals surface area contributed by atoms with E-state index in [-0.39, 0.29) is 20.1 Å². The van der Waals surface area contributed by atoms with Crippen LogP contribution >= 0.6 is 0 Å². The fraction of sp³-hybridized carbons (Fsp3) is 0.125. The Labute approximate surface area is 279 Å². The van der Waals surface area contributed by atoms with Gasteiger partial charge >= 0.3 is 20.1 Å². The van der Waals surface area contributed by atoms with E-state index in [1.165, 1.54) is 16.3 Å². The van der Waals surface area contributed by atoms with E-state index in [2.05, 4.69) is 61.0 Å². The van der Waals surface area contributed by atoms with Crippen LogP contribution in [0.5, 0.6) is 0 Å². The van der Waals surface area contributed by atoms with Crippen molar-refractivity contribution in [1.29, 1.82) is 0 Å². The van der Waals surface area contributed by atoms with Crippen molar-refractivity contribution in [3.63, 3.8) is 0 Å². The number of aryl methyl sites for hydroxylation is 1. The van der Waals surface area contributed by atoms with Crippen molar-refractivity contribution in [2.24, 2.45) is 0 Å². The van der Waals surface area contributed by atoms with E-state index < -0.39 is 21.3 Å². The summed E-state index contributed by atoms with van der Waals surface area (Å²) >= 11 is 0. The fourth-order valence-corrected chi connectivity index (χ4v) is 6.07. The Morgan fingerprint density at radius 2 is 1.42 bits per heavy atom. The minimum absolute atomic E-state index is 0. The molecule has 0 unspecified atom stereocenters. The first kappa shape index (κ1) is 25.6. The minimum Gasteiger partial charge on any atom is -0.305 e. The Morgan fingerprint density at radius 1 is 0.698 bits per heavy atom. The van der Waals surface area contributed by atoms with Crippen LogP contribution in [0.2, 0.25) is 19.6 Å². The van der Waals surface area contributed by atoms with Gasteiger partial charge < -0.3 is 4.98 Å². The molecule has 0 spiro atoms. The maximum Gasteiger partial charge on any atom is 3.00 e. The molecule has 6 aromatic rings. The van der Waals surface area contributed by atoms with Crippen molar-refractivity contribution in [2.75, 3.05) is 0 Å². The third-order valence-corrected chi connectivity index (χ3v) is 8.76. The van der Waals surface area contributed by atoms with Crippen molar-refractivity contribution >= 4 is 13.3 Å². The van der Waals surface area contributed by atoms with Crippen LogP contribution in [0.25, 0.3) is 33.5 Å². The van der Waals surface area contributed by atoms with Crippen LogP contribution in [0, 0.1) is 25.1 Å². The monoisotopic (exact) mass is 756 g/mol. The molecule has 0 radical (unpaired) electrons. The second-order valence-corrected chi connectivity index (χ2v) is 16.0. The predicted octanol–water partition coefficient (Wildman–Crippen LogP) is 9.61. The second kappa shape index (κ2) is 15.0. The average Bonchev–Trinajstić information content (AvgIpc) is 3.09. The number of hydrogen-bond acceptors (Lipinski definition) is 1. The SMILES string of the molecule is [2H]C([2H])([2H])c1c[c-]c(-c2cc(-c3ccccc3)c([Si](C)(C)C)cn2)cc1.[2H]C([2H])(c1ccccc1)c1cc[c-]c(-c2[c-]cccc2)c1.[Ir+3]. The van der Waals surface area contributed by atoms with Crippen LogP contribution in [-0.4, -0.2) is 13.1 Å². The van der Waals surface area contributed by atoms with Crippen LogP contribution in [0.3, 0.4) is 0 Å². The molecule has 1 heterocycles. The molecule has 5 aromatic carbocycles. The zero-order valence-electron chi connectivity index (χ0n) is 29.5. The van der Waals surface area contributed by atoms with E-state index in [1.807, 2.05) is 85.1 Å². The normalized spacial score (nSPS) is 13.0. The summed E-state index contributed by atoms with van der Waals surface area (Å²) in [4.78, 5) is 4.66. The van der Waals surface area contributed by atoms with Crippen molar-refractivity contribution in [3.05, 3.63) is 168 Å². The number of pyridine rings is 1. The molecule has 6 rings (SSSR count). The van der Waals surface area contributed by atoms with Gasteiger partial charge in [0.1, 0.15) is 0 Å². The standard InChI is InChI=1S/C21H22NSi.C19H14.Ir/c1-16-10-12-18(13-11-16)20-14-19(17-8-6-5-7-9-17)21(15-22-20)23(2,3)4;1-3-8-16(9-4-1)14-17-10-7-13-19(15-17)18-11-5-2-6-12-18;/h5-12,14-15H,1-4H3;1-11,15H,14H2;/q-1;-2;+3/i1D3;14D2;. The van der Waals surface area contributed by atoms with E-state index >= 15 is 0 Å². The smallest absolute Gasteiger partial charge is 0.305 e. The van der Waals surface area contributed by atoms with E-state index in [9.17, 15) is 0 Å². The molecular weight excluding hydrogens is 715 g/mol. The Balaban J connectivity index is 0.000000217. The first-order valence-corrected chi connectivity index (χ1v) is 17.5. The van der Waals surface area contributed by atoms with E-state index in [0.29, 0.717) is 16.7 Å². The molecule has 1 nitrogen and oxygen atoms in total. The fourth-order valence-electron chi connectivity index (χ4n) is 4.59. The van der Waals surface area contributed by atoms with Gasteiger partial charge in [0, 0.05) is 13.1 Å². The molecule has 214 valence electrons. The molecule has 43 heavy (non-hydrogen) atoms. The molecule has 1 aromatic heterocycles. The average molecular weight is 756 g/mol. The van der Waals surface area contributed by atoms with Gasteiger partial charge in [-0.25, -0.2) is 11.1 Å². The second-order valence-electron chi connectivity index (χ2n) is 11.0. The van der Waals surface area contributed by atoms with Gasteiger partial charge in [-0.3, -0.25) is 0 Å². The summed E-state index contributed by atoms with van der Waals surface area (Å²) in [5, 5.41) is 1.31. The summed E-state index contributed by atoms with van der Waals surface area (Å²) in [6.45, 7) is 4.83. The summed E-state index contributed by atoms with van der Waals surface area (Å²) in [5.74, 6) is 0. The summed E-state index contributed by atoms with van der Waals surface area (Å²) in [6, 6.07) is 49.0. The Kier molecular flexibility index (Phi) is 8.95. The Bertz CT molecular complexity index is 1910. The molecule has 0 bridgehead atoms. The number of aromatic nitrogens is 1. The van der Waals surface area contributed by atoms with E-state index in [1.54, 1.807) is 30.3 Å².